The van der Waals surface area contributed by atoms with Crippen molar-refractivity contribution in [3.05, 3.63) is 63.5 Å². The predicted molar refractivity (Wildman–Crippen MR) is 107 cm³/mol. The van der Waals surface area contributed by atoms with Crippen molar-refractivity contribution in [1.29, 1.82) is 0 Å². The SMILES string of the molecule is Nc1c(NNC(=O)c2ccc(Cl)cc2Cl)ncnc1Nc1ccc(Cl)cn1. The first-order valence-electron chi connectivity index (χ1n) is 7.44. The average molecular weight is 425 g/mol. The van der Waals surface area contributed by atoms with E-state index in [2.05, 4.69) is 31.1 Å². The van der Waals surface area contributed by atoms with E-state index in [1.165, 1.54) is 24.7 Å². The van der Waals surface area contributed by atoms with E-state index < -0.39 is 5.91 Å². The lowest BCUT2D eigenvalue weighted by Crippen LogP contribution is -2.30. The van der Waals surface area contributed by atoms with E-state index in [-0.39, 0.29) is 22.1 Å². The number of carbonyl (C=O) groups is 1. The summed E-state index contributed by atoms with van der Waals surface area (Å²) in [6.45, 7) is 0. The molecule has 11 heteroatoms. The van der Waals surface area contributed by atoms with Gasteiger partial charge >= 0.3 is 0 Å². The highest BCUT2D eigenvalue weighted by Crippen LogP contribution is 2.25. The summed E-state index contributed by atoms with van der Waals surface area (Å²) >= 11 is 17.6. The van der Waals surface area contributed by atoms with Gasteiger partial charge in [0.1, 0.15) is 17.8 Å². The number of benzene rings is 1. The largest absolute Gasteiger partial charge is 0.393 e. The van der Waals surface area contributed by atoms with Gasteiger partial charge in [-0.25, -0.2) is 15.0 Å². The summed E-state index contributed by atoms with van der Waals surface area (Å²) < 4.78 is 0. The lowest BCUT2D eigenvalue weighted by molar-refractivity contribution is 0.0962. The van der Waals surface area contributed by atoms with Crippen LogP contribution in [0.2, 0.25) is 15.1 Å². The molecule has 0 unspecified atom stereocenters. The quantitative estimate of drug-likeness (QED) is 0.458. The van der Waals surface area contributed by atoms with Crippen LogP contribution in [0, 0.1) is 0 Å². The van der Waals surface area contributed by atoms with Crippen molar-refractivity contribution in [3.8, 4) is 0 Å². The Morgan fingerprint density at radius 1 is 0.963 bits per heavy atom. The Hall–Kier alpha value is -2.81. The number of anilines is 4. The van der Waals surface area contributed by atoms with Gasteiger partial charge in [-0.05, 0) is 30.3 Å². The van der Waals surface area contributed by atoms with Gasteiger partial charge in [-0.15, -0.1) is 0 Å². The van der Waals surface area contributed by atoms with Crippen LogP contribution in [0.3, 0.4) is 0 Å². The molecule has 2 aromatic heterocycles. The van der Waals surface area contributed by atoms with Crippen molar-refractivity contribution < 1.29 is 4.79 Å². The standard InChI is InChI=1S/C16H12Cl3N7O/c17-8-1-3-10(11(19)5-8)16(27)26-25-15-13(20)14(22-7-23-15)24-12-4-2-9(18)6-21-12/h1-7H,20H2,(H,26,27)(H2,21,22,23,24,25). The number of aromatic nitrogens is 3. The zero-order valence-corrected chi connectivity index (χ0v) is 15.8. The fraction of sp³-hybridized carbons (Fsp3) is 0. The second kappa shape index (κ2) is 8.26. The molecular formula is C16H12Cl3N7O. The van der Waals surface area contributed by atoms with Gasteiger partial charge in [0.05, 0.1) is 15.6 Å². The van der Waals surface area contributed by atoms with E-state index >= 15 is 0 Å². The molecule has 1 aromatic carbocycles. The van der Waals surface area contributed by atoms with Crippen LogP contribution in [0.1, 0.15) is 10.4 Å². The molecule has 0 radical (unpaired) electrons. The summed E-state index contributed by atoms with van der Waals surface area (Å²) in [4.78, 5) is 24.4. The monoisotopic (exact) mass is 423 g/mol. The number of halogens is 3. The lowest BCUT2D eigenvalue weighted by atomic mass is 10.2. The Labute approximate surface area is 169 Å². The molecule has 0 saturated heterocycles. The van der Waals surface area contributed by atoms with Gasteiger partial charge in [0.2, 0.25) is 0 Å². The summed E-state index contributed by atoms with van der Waals surface area (Å²) in [6, 6.07) is 7.87. The van der Waals surface area contributed by atoms with Gasteiger partial charge in [-0.3, -0.25) is 15.6 Å². The van der Waals surface area contributed by atoms with E-state index in [0.29, 0.717) is 21.7 Å². The van der Waals surface area contributed by atoms with Crippen LogP contribution < -0.4 is 21.9 Å². The maximum Gasteiger partial charge on any atom is 0.271 e. The summed E-state index contributed by atoms with van der Waals surface area (Å²) in [6.07, 6.45) is 2.76. The van der Waals surface area contributed by atoms with E-state index in [1.54, 1.807) is 18.2 Å². The smallest absolute Gasteiger partial charge is 0.271 e. The van der Waals surface area contributed by atoms with Crippen molar-refractivity contribution >= 4 is 63.9 Å². The number of nitrogens with one attached hydrogen (secondary N) is 3. The van der Waals surface area contributed by atoms with Crippen molar-refractivity contribution in [2.45, 2.75) is 0 Å². The third kappa shape index (κ3) is 4.68. The molecule has 1 amide bonds. The molecule has 0 fully saturated rings. The third-order valence-electron chi connectivity index (χ3n) is 3.33. The van der Waals surface area contributed by atoms with E-state index in [9.17, 15) is 4.79 Å². The van der Waals surface area contributed by atoms with Gasteiger partial charge < -0.3 is 11.1 Å². The molecule has 0 saturated carbocycles. The maximum absolute atomic E-state index is 12.2. The van der Waals surface area contributed by atoms with Gasteiger partial charge in [0.25, 0.3) is 5.91 Å². The number of hydrogen-bond acceptors (Lipinski definition) is 7. The molecule has 0 bridgehead atoms. The zero-order valence-electron chi connectivity index (χ0n) is 13.5. The van der Waals surface area contributed by atoms with E-state index in [4.69, 9.17) is 40.5 Å². The summed E-state index contributed by atoms with van der Waals surface area (Å²) in [7, 11) is 0. The highest BCUT2D eigenvalue weighted by Gasteiger charge is 2.13. The highest BCUT2D eigenvalue weighted by molar-refractivity contribution is 6.36. The fourth-order valence-electron chi connectivity index (χ4n) is 2.02. The minimum Gasteiger partial charge on any atom is -0.393 e. The Bertz CT molecular complexity index is 982. The molecule has 0 spiro atoms. The number of amides is 1. The maximum atomic E-state index is 12.2. The minimum absolute atomic E-state index is 0.178. The molecule has 5 N–H and O–H groups in total. The first-order valence-corrected chi connectivity index (χ1v) is 8.58. The second-order valence-corrected chi connectivity index (χ2v) is 6.45. The molecule has 3 rings (SSSR count). The van der Waals surface area contributed by atoms with Crippen LogP contribution >= 0.6 is 34.8 Å². The fourth-order valence-corrected chi connectivity index (χ4v) is 2.63. The van der Waals surface area contributed by atoms with Gasteiger partial charge in [0, 0.05) is 11.2 Å². The van der Waals surface area contributed by atoms with Crippen molar-refractivity contribution in [2.75, 3.05) is 16.5 Å². The summed E-state index contributed by atoms with van der Waals surface area (Å²) in [5.41, 5.74) is 11.6. The molecule has 27 heavy (non-hydrogen) atoms. The molecule has 0 aliphatic carbocycles. The second-order valence-electron chi connectivity index (χ2n) is 5.17. The molecule has 0 aliphatic heterocycles. The third-order valence-corrected chi connectivity index (χ3v) is 4.10. The van der Waals surface area contributed by atoms with Crippen LogP contribution in [0.15, 0.2) is 42.9 Å². The van der Waals surface area contributed by atoms with Gasteiger partial charge in [-0.1, -0.05) is 34.8 Å². The molecule has 3 aromatic rings. The average Bonchev–Trinajstić information content (AvgIpc) is 2.64. The van der Waals surface area contributed by atoms with Crippen LogP contribution in [-0.2, 0) is 0 Å². The Kier molecular flexibility index (Phi) is 5.80. The summed E-state index contributed by atoms with van der Waals surface area (Å²) in [5, 5.41) is 4.09. The lowest BCUT2D eigenvalue weighted by Gasteiger charge is -2.13. The number of nitrogen functional groups attached to an aromatic ring is 1. The molecule has 0 aliphatic rings. The Morgan fingerprint density at radius 3 is 2.41 bits per heavy atom. The molecule has 2 heterocycles. The molecule has 138 valence electrons. The number of carbonyl (C=O) groups excluding carboxylic acids is 1. The predicted octanol–water partition coefficient (Wildman–Crippen LogP) is 3.91. The number of nitrogens with zero attached hydrogens (tertiary/aromatic N) is 3. The molecular weight excluding hydrogens is 413 g/mol. The first kappa shape index (κ1) is 19.0. The van der Waals surface area contributed by atoms with E-state index in [1.807, 2.05) is 0 Å². The number of hydrogen-bond donors (Lipinski definition) is 4. The van der Waals surface area contributed by atoms with Crippen molar-refractivity contribution in [1.82, 2.24) is 20.4 Å². The minimum atomic E-state index is -0.483. The number of pyridine rings is 1. The summed E-state index contributed by atoms with van der Waals surface area (Å²) in [5.74, 6) is 0.511. The van der Waals surface area contributed by atoms with Crippen LogP contribution in [-0.4, -0.2) is 20.9 Å². The topological polar surface area (TPSA) is 118 Å². The number of hydrazine groups is 1. The van der Waals surface area contributed by atoms with Gasteiger partial charge in [-0.2, -0.15) is 0 Å². The van der Waals surface area contributed by atoms with Crippen LogP contribution in [0.25, 0.3) is 0 Å². The first-order chi connectivity index (χ1) is 12.9. The molecule has 8 nitrogen and oxygen atoms in total. The Balaban J connectivity index is 1.72. The zero-order chi connectivity index (χ0) is 19.4. The number of nitrogens with two attached hydrogens (primary N) is 1. The number of rotatable bonds is 5. The Morgan fingerprint density at radius 2 is 1.70 bits per heavy atom. The highest BCUT2D eigenvalue weighted by atomic mass is 35.5. The van der Waals surface area contributed by atoms with Gasteiger partial charge in [0.15, 0.2) is 11.6 Å². The van der Waals surface area contributed by atoms with Crippen LogP contribution in [0.5, 0.6) is 0 Å². The van der Waals surface area contributed by atoms with E-state index in [0.717, 1.165) is 0 Å². The normalized spacial score (nSPS) is 10.3. The van der Waals surface area contributed by atoms with Crippen molar-refractivity contribution in [2.24, 2.45) is 0 Å². The molecule has 0 atom stereocenters. The van der Waals surface area contributed by atoms with Crippen molar-refractivity contribution in [3.63, 3.8) is 0 Å². The van der Waals surface area contributed by atoms with Crippen LogP contribution in [0.4, 0.5) is 23.1 Å².